The van der Waals surface area contributed by atoms with Crippen molar-refractivity contribution >= 4 is 34.6 Å². The molecular weight excluding hydrogens is 390 g/mol. The molecule has 1 aliphatic heterocycles. The smallest absolute Gasteiger partial charge is 0.321 e. The molecule has 0 radical (unpaired) electrons. The van der Waals surface area contributed by atoms with Crippen molar-refractivity contribution in [1.29, 1.82) is 0 Å². The van der Waals surface area contributed by atoms with Crippen LogP contribution in [0, 0.1) is 0 Å². The maximum absolute atomic E-state index is 12.2. The molecule has 1 aromatic carbocycles. The molecular formula is C20H27N5O3S. The molecule has 2 heterocycles. The highest BCUT2D eigenvalue weighted by Gasteiger charge is 2.18. The Morgan fingerprint density at radius 1 is 1.17 bits per heavy atom. The number of benzene rings is 1. The maximum Gasteiger partial charge on any atom is 0.321 e. The summed E-state index contributed by atoms with van der Waals surface area (Å²) in [6, 6.07) is 7.25. The van der Waals surface area contributed by atoms with Crippen LogP contribution in [0.2, 0.25) is 0 Å². The van der Waals surface area contributed by atoms with E-state index in [4.69, 9.17) is 9.72 Å². The first-order valence-corrected chi connectivity index (χ1v) is 10.6. The number of nitrogens with one attached hydrogen (secondary N) is 2. The third-order valence-corrected chi connectivity index (χ3v) is 5.16. The summed E-state index contributed by atoms with van der Waals surface area (Å²) in [7, 11) is 0. The number of fused-ring (bicyclic) bond motifs is 1. The Bertz CT molecular complexity index is 878. The number of morpholine rings is 1. The molecule has 8 nitrogen and oxygen atoms in total. The zero-order chi connectivity index (χ0) is 20.9. The van der Waals surface area contributed by atoms with E-state index >= 15 is 0 Å². The quantitative estimate of drug-likeness (QED) is 0.568. The highest BCUT2D eigenvalue weighted by atomic mass is 32.2. The van der Waals surface area contributed by atoms with Gasteiger partial charge in [-0.1, -0.05) is 30.0 Å². The number of imide groups is 1. The number of para-hydroxylation sites is 1. The fourth-order valence-corrected chi connectivity index (χ4v) is 3.74. The van der Waals surface area contributed by atoms with Gasteiger partial charge in [0, 0.05) is 24.0 Å². The zero-order valence-corrected chi connectivity index (χ0v) is 17.8. The van der Waals surface area contributed by atoms with Crippen molar-refractivity contribution in [2.75, 3.05) is 32.1 Å². The van der Waals surface area contributed by atoms with Crippen LogP contribution in [0.25, 0.3) is 10.9 Å². The SMILES string of the molecule is CC(C)(C)NC(=O)NC(=O)CSc1nc(CN2CCOCC2)nc2ccccc12. The first-order chi connectivity index (χ1) is 13.8. The molecule has 1 saturated heterocycles. The summed E-state index contributed by atoms with van der Waals surface area (Å²) in [5, 5.41) is 6.71. The molecule has 29 heavy (non-hydrogen) atoms. The second kappa shape index (κ2) is 9.51. The number of ether oxygens (including phenoxy) is 1. The summed E-state index contributed by atoms with van der Waals surface area (Å²) in [4.78, 5) is 35.7. The number of urea groups is 1. The molecule has 156 valence electrons. The zero-order valence-electron chi connectivity index (χ0n) is 17.0. The van der Waals surface area contributed by atoms with Gasteiger partial charge in [0.05, 0.1) is 31.0 Å². The molecule has 0 bridgehead atoms. The molecule has 3 rings (SSSR count). The van der Waals surface area contributed by atoms with E-state index in [9.17, 15) is 9.59 Å². The Hall–Kier alpha value is -2.23. The van der Waals surface area contributed by atoms with Crippen LogP contribution < -0.4 is 10.6 Å². The fourth-order valence-electron chi connectivity index (χ4n) is 2.90. The van der Waals surface area contributed by atoms with Crippen molar-refractivity contribution in [1.82, 2.24) is 25.5 Å². The van der Waals surface area contributed by atoms with E-state index in [0.717, 1.165) is 34.8 Å². The summed E-state index contributed by atoms with van der Waals surface area (Å²) in [5.74, 6) is 0.448. The lowest BCUT2D eigenvalue weighted by atomic mass is 10.1. The highest BCUT2D eigenvalue weighted by Crippen LogP contribution is 2.25. The minimum absolute atomic E-state index is 0.0928. The monoisotopic (exact) mass is 417 g/mol. The van der Waals surface area contributed by atoms with Gasteiger partial charge in [0.1, 0.15) is 10.9 Å². The van der Waals surface area contributed by atoms with E-state index in [1.807, 2.05) is 45.0 Å². The summed E-state index contributed by atoms with van der Waals surface area (Å²) in [6.45, 7) is 9.34. The van der Waals surface area contributed by atoms with Crippen LogP contribution in [0.15, 0.2) is 29.3 Å². The Morgan fingerprint density at radius 3 is 2.62 bits per heavy atom. The second-order valence-electron chi connectivity index (χ2n) is 7.89. The summed E-state index contributed by atoms with van der Waals surface area (Å²) in [5.41, 5.74) is 0.438. The van der Waals surface area contributed by atoms with Gasteiger partial charge in [0.15, 0.2) is 0 Å². The fraction of sp³-hybridized carbons (Fsp3) is 0.500. The first kappa shape index (κ1) is 21.5. The highest BCUT2D eigenvalue weighted by molar-refractivity contribution is 8.00. The van der Waals surface area contributed by atoms with Crippen LogP contribution in [-0.4, -0.2) is 64.4 Å². The number of aromatic nitrogens is 2. The predicted molar refractivity (Wildman–Crippen MR) is 113 cm³/mol. The van der Waals surface area contributed by atoms with Crippen molar-refractivity contribution in [2.24, 2.45) is 0 Å². The lowest BCUT2D eigenvalue weighted by molar-refractivity contribution is -0.117. The molecule has 9 heteroatoms. The molecule has 1 fully saturated rings. The van der Waals surface area contributed by atoms with Gasteiger partial charge in [-0.05, 0) is 26.8 Å². The van der Waals surface area contributed by atoms with Crippen LogP contribution in [0.4, 0.5) is 4.79 Å². The number of hydrogen-bond donors (Lipinski definition) is 2. The van der Waals surface area contributed by atoms with Crippen LogP contribution in [0.3, 0.4) is 0 Å². The van der Waals surface area contributed by atoms with Gasteiger partial charge >= 0.3 is 6.03 Å². The number of thioether (sulfide) groups is 1. The van der Waals surface area contributed by atoms with Gasteiger partial charge in [-0.3, -0.25) is 15.0 Å². The molecule has 0 atom stereocenters. The van der Waals surface area contributed by atoms with E-state index in [0.29, 0.717) is 19.8 Å². The number of nitrogens with zero attached hydrogens (tertiary/aromatic N) is 3. The predicted octanol–water partition coefficient (Wildman–Crippen LogP) is 2.18. The standard InChI is InChI=1S/C20H27N5O3S/c1-20(2,3)24-19(27)23-17(26)13-29-18-14-6-4-5-7-15(14)21-16(22-18)12-25-8-10-28-11-9-25/h4-7H,8-13H2,1-3H3,(H2,23,24,26,27). The molecule has 0 unspecified atom stereocenters. The van der Waals surface area contributed by atoms with E-state index in [-0.39, 0.29) is 11.7 Å². The lowest BCUT2D eigenvalue weighted by Crippen LogP contribution is -2.48. The Labute approximate surface area is 174 Å². The van der Waals surface area contributed by atoms with Gasteiger partial charge < -0.3 is 10.1 Å². The number of hydrogen-bond acceptors (Lipinski definition) is 7. The molecule has 1 aliphatic rings. The van der Waals surface area contributed by atoms with Crippen molar-refractivity contribution in [3.63, 3.8) is 0 Å². The van der Waals surface area contributed by atoms with Gasteiger partial charge in [0.2, 0.25) is 5.91 Å². The lowest BCUT2D eigenvalue weighted by Gasteiger charge is -2.25. The van der Waals surface area contributed by atoms with E-state index < -0.39 is 11.6 Å². The van der Waals surface area contributed by atoms with Crippen LogP contribution in [0.1, 0.15) is 26.6 Å². The normalized spacial score (nSPS) is 15.3. The summed E-state index contributed by atoms with van der Waals surface area (Å²) >= 11 is 1.31. The minimum atomic E-state index is -0.497. The minimum Gasteiger partial charge on any atom is -0.379 e. The average molecular weight is 418 g/mol. The van der Waals surface area contributed by atoms with E-state index in [1.54, 1.807) is 0 Å². The third kappa shape index (κ3) is 6.66. The molecule has 2 aromatic rings. The van der Waals surface area contributed by atoms with Gasteiger partial charge in [0.25, 0.3) is 0 Å². The van der Waals surface area contributed by atoms with Crippen molar-refractivity contribution in [2.45, 2.75) is 37.9 Å². The summed E-state index contributed by atoms with van der Waals surface area (Å²) in [6.07, 6.45) is 0. The van der Waals surface area contributed by atoms with Crippen molar-refractivity contribution < 1.29 is 14.3 Å². The van der Waals surface area contributed by atoms with Crippen LogP contribution >= 0.6 is 11.8 Å². The van der Waals surface area contributed by atoms with Gasteiger partial charge in [-0.2, -0.15) is 0 Å². The first-order valence-electron chi connectivity index (χ1n) is 9.61. The topological polar surface area (TPSA) is 96.5 Å². The molecule has 3 amide bonds. The number of rotatable bonds is 5. The molecule has 0 spiro atoms. The Morgan fingerprint density at radius 2 is 1.90 bits per heavy atom. The summed E-state index contributed by atoms with van der Waals surface area (Å²) < 4.78 is 5.39. The average Bonchev–Trinajstić information content (AvgIpc) is 2.65. The molecule has 1 aromatic heterocycles. The maximum atomic E-state index is 12.2. The largest absolute Gasteiger partial charge is 0.379 e. The molecule has 0 aliphatic carbocycles. The Kier molecular flexibility index (Phi) is 7.05. The Balaban J connectivity index is 1.68. The number of carbonyl (C=O) groups excluding carboxylic acids is 2. The van der Waals surface area contributed by atoms with E-state index in [1.165, 1.54) is 11.8 Å². The number of amides is 3. The second-order valence-corrected chi connectivity index (χ2v) is 8.86. The van der Waals surface area contributed by atoms with Crippen molar-refractivity contribution in [3.05, 3.63) is 30.1 Å². The van der Waals surface area contributed by atoms with Gasteiger partial charge in [-0.25, -0.2) is 14.8 Å². The van der Waals surface area contributed by atoms with Crippen molar-refractivity contribution in [3.8, 4) is 0 Å². The van der Waals surface area contributed by atoms with Crippen LogP contribution in [0.5, 0.6) is 0 Å². The van der Waals surface area contributed by atoms with Crippen LogP contribution in [-0.2, 0) is 16.1 Å². The van der Waals surface area contributed by atoms with E-state index in [2.05, 4.69) is 20.5 Å². The molecule has 2 N–H and O–H groups in total. The molecule has 0 saturated carbocycles. The third-order valence-electron chi connectivity index (χ3n) is 4.16. The number of carbonyl (C=O) groups is 2. The van der Waals surface area contributed by atoms with Gasteiger partial charge in [-0.15, -0.1) is 0 Å².